The van der Waals surface area contributed by atoms with Crippen LogP contribution in [0.4, 0.5) is 11.6 Å². The predicted molar refractivity (Wildman–Crippen MR) is 130 cm³/mol. The molecule has 1 aliphatic heterocycles. The molecule has 2 N–H and O–H groups in total. The van der Waals surface area contributed by atoms with Gasteiger partial charge in [0.25, 0.3) is 5.91 Å². The van der Waals surface area contributed by atoms with Gasteiger partial charge < -0.3 is 15.5 Å². The van der Waals surface area contributed by atoms with Crippen molar-refractivity contribution in [2.75, 3.05) is 25.0 Å². The fourth-order valence-electron chi connectivity index (χ4n) is 4.13. The van der Waals surface area contributed by atoms with Crippen molar-refractivity contribution in [2.45, 2.75) is 39.7 Å². The van der Waals surface area contributed by atoms with Gasteiger partial charge in [0.2, 0.25) is 5.95 Å². The van der Waals surface area contributed by atoms with Crippen molar-refractivity contribution in [3.63, 3.8) is 0 Å². The van der Waals surface area contributed by atoms with Crippen LogP contribution in [0.2, 0.25) is 0 Å². The lowest BCUT2D eigenvalue weighted by Crippen LogP contribution is -2.46. The minimum atomic E-state index is -0.110. The molecule has 1 fully saturated rings. The first-order chi connectivity index (χ1) is 15.9. The number of hydrogen-bond donors (Lipinski definition) is 2. The standard InChI is InChI=1S/C25H33N7O/c1-17(2)22(16-32-12-5-6-13-32)28-24(33)23-15-21(30-31(23)4)20-10-11-26-25(29-20)27-19-9-7-8-18(3)14-19/h7-11,14-15,17,22H,5-6,12-13,16H2,1-4H3,(H,28,33)(H,26,27,29)/t22-/m1/s1. The maximum absolute atomic E-state index is 13.1. The Labute approximate surface area is 195 Å². The van der Waals surface area contributed by atoms with Gasteiger partial charge in [0.05, 0.1) is 5.69 Å². The van der Waals surface area contributed by atoms with Crippen molar-refractivity contribution in [3.8, 4) is 11.4 Å². The Morgan fingerprint density at radius 3 is 2.64 bits per heavy atom. The van der Waals surface area contributed by atoms with Gasteiger partial charge in [-0.15, -0.1) is 0 Å². The van der Waals surface area contributed by atoms with Crippen LogP contribution in [0, 0.1) is 12.8 Å². The summed E-state index contributed by atoms with van der Waals surface area (Å²) < 4.78 is 1.62. The summed E-state index contributed by atoms with van der Waals surface area (Å²) in [4.78, 5) is 24.5. The molecule has 0 radical (unpaired) electrons. The third-order valence-corrected chi connectivity index (χ3v) is 6.08. The maximum Gasteiger partial charge on any atom is 0.269 e. The zero-order valence-corrected chi connectivity index (χ0v) is 19.9. The molecule has 0 aliphatic carbocycles. The van der Waals surface area contributed by atoms with Crippen LogP contribution in [0.1, 0.15) is 42.7 Å². The van der Waals surface area contributed by atoms with E-state index in [1.807, 2.05) is 31.2 Å². The first-order valence-electron chi connectivity index (χ1n) is 11.6. The molecule has 0 bridgehead atoms. The van der Waals surface area contributed by atoms with E-state index in [-0.39, 0.29) is 11.9 Å². The summed E-state index contributed by atoms with van der Waals surface area (Å²) in [7, 11) is 1.79. The lowest BCUT2D eigenvalue weighted by molar-refractivity contribution is 0.0903. The van der Waals surface area contributed by atoms with E-state index < -0.39 is 0 Å². The fourth-order valence-corrected chi connectivity index (χ4v) is 4.13. The molecule has 1 aromatic carbocycles. The summed E-state index contributed by atoms with van der Waals surface area (Å²) >= 11 is 0. The van der Waals surface area contributed by atoms with Gasteiger partial charge in [0, 0.05) is 31.5 Å². The van der Waals surface area contributed by atoms with E-state index in [0.717, 1.165) is 30.9 Å². The molecule has 0 saturated carbocycles. The van der Waals surface area contributed by atoms with E-state index in [1.54, 1.807) is 30.1 Å². The molecule has 1 amide bonds. The van der Waals surface area contributed by atoms with Crippen molar-refractivity contribution in [1.82, 2.24) is 30.0 Å². The molecule has 4 rings (SSSR count). The number of amides is 1. The predicted octanol–water partition coefficient (Wildman–Crippen LogP) is 3.78. The second kappa shape index (κ2) is 10.1. The summed E-state index contributed by atoms with van der Waals surface area (Å²) in [6.07, 6.45) is 4.17. The van der Waals surface area contributed by atoms with Gasteiger partial charge in [-0.3, -0.25) is 9.48 Å². The minimum Gasteiger partial charge on any atom is -0.346 e. The number of carbonyl (C=O) groups is 1. The highest BCUT2D eigenvalue weighted by Crippen LogP contribution is 2.20. The molecule has 3 aromatic rings. The van der Waals surface area contributed by atoms with E-state index in [1.165, 1.54) is 12.8 Å². The Hall–Kier alpha value is -3.26. The van der Waals surface area contributed by atoms with Crippen LogP contribution >= 0.6 is 0 Å². The normalized spacial score (nSPS) is 15.1. The Morgan fingerprint density at radius 1 is 1.12 bits per heavy atom. The average Bonchev–Trinajstić information content (AvgIpc) is 3.43. The van der Waals surface area contributed by atoms with Crippen molar-refractivity contribution in [2.24, 2.45) is 13.0 Å². The number of rotatable bonds is 8. The van der Waals surface area contributed by atoms with Crippen LogP contribution in [0.15, 0.2) is 42.6 Å². The number of anilines is 2. The van der Waals surface area contributed by atoms with Crippen molar-refractivity contribution >= 4 is 17.5 Å². The zero-order valence-electron chi connectivity index (χ0n) is 19.9. The molecule has 1 saturated heterocycles. The number of hydrogen-bond acceptors (Lipinski definition) is 6. The third-order valence-electron chi connectivity index (χ3n) is 6.08. The van der Waals surface area contributed by atoms with Gasteiger partial charge in [0.15, 0.2) is 0 Å². The monoisotopic (exact) mass is 447 g/mol. The van der Waals surface area contributed by atoms with Gasteiger partial charge in [-0.2, -0.15) is 5.10 Å². The molecule has 1 aliphatic rings. The summed E-state index contributed by atoms with van der Waals surface area (Å²) in [6, 6.07) is 11.7. The SMILES string of the molecule is Cc1cccc(Nc2nccc(-c3cc(C(=O)N[C@H](CN4CCCC4)C(C)C)n(C)n3)n2)c1. The van der Waals surface area contributed by atoms with E-state index in [4.69, 9.17) is 0 Å². The van der Waals surface area contributed by atoms with Crippen LogP contribution in [-0.2, 0) is 7.05 Å². The van der Waals surface area contributed by atoms with Crippen LogP contribution in [0.25, 0.3) is 11.4 Å². The lowest BCUT2D eigenvalue weighted by Gasteiger charge is -2.27. The highest BCUT2D eigenvalue weighted by atomic mass is 16.2. The summed E-state index contributed by atoms with van der Waals surface area (Å²) in [5.74, 6) is 0.723. The Morgan fingerprint density at radius 2 is 1.91 bits per heavy atom. The number of aromatic nitrogens is 4. The quantitative estimate of drug-likeness (QED) is 0.546. The van der Waals surface area contributed by atoms with Crippen LogP contribution in [0.5, 0.6) is 0 Å². The zero-order chi connectivity index (χ0) is 23.4. The highest BCUT2D eigenvalue weighted by Gasteiger charge is 2.24. The van der Waals surface area contributed by atoms with Crippen molar-refractivity contribution < 1.29 is 4.79 Å². The summed E-state index contributed by atoms with van der Waals surface area (Å²) in [5.41, 5.74) is 3.89. The minimum absolute atomic E-state index is 0.0955. The molecule has 33 heavy (non-hydrogen) atoms. The molecule has 8 nitrogen and oxygen atoms in total. The molecule has 1 atom stereocenters. The van der Waals surface area contributed by atoms with Crippen LogP contribution in [-0.4, -0.2) is 56.2 Å². The molecule has 2 aromatic heterocycles. The highest BCUT2D eigenvalue weighted by molar-refractivity contribution is 5.93. The van der Waals surface area contributed by atoms with E-state index >= 15 is 0 Å². The van der Waals surface area contributed by atoms with E-state index in [0.29, 0.717) is 28.9 Å². The molecule has 0 spiro atoms. The van der Waals surface area contributed by atoms with Crippen LogP contribution < -0.4 is 10.6 Å². The Kier molecular flexibility index (Phi) is 7.03. The summed E-state index contributed by atoms with van der Waals surface area (Å²) in [5, 5.41) is 11.0. The molecule has 3 heterocycles. The van der Waals surface area contributed by atoms with Gasteiger partial charge in [-0.1, -0.05) is 26.0 Å². The van der Waals surface area contributed by atoms with E-state index in [2.05, 4.69) is 44.4 Å². The van der Waals surface area contributed by atoms with Crippen molar-refractivity contribution in [1.29, 1.82) is 0 Å². The topological polar surface area (TPSA) is 88.0 Å². The molecule has 174 valence electrons. The third kappa shape index (κ3) is 5.76. The number of benzene rings is 1. The number of carbonyl (C=O) groups excluding carboxylic acids is 1. The number of likely N-dealkylation sites (tertiary alicyclic amines) is 1. The second-order valence-electron chi connectivity index (χ2n) is 9.13. The van der Waals surface area contributed by atoms with Crippen molar-refractivity contribution in [3.05, 3.63) is 53.9 Å². The van der Waals surface area contributed by atoms with Crippen LogP contribution in [0.3, 0.4) is 0 Å². The first kappa shape index (κ1) is 22.9. The summed E-state index contributed by atoms with van der Waals surface area (Å²) in [6.45, 7) is 9.45. The average molecular weight is 448 g/mol. The Bertz CT molecular complexity index is 1100. The first-order valence-corrected chi connectivity index (χ1v) is 11.6. The lowest BCUT2D eigenvalue weighted by atomic mass is 10.0. The van der Waals surface area contributed by atoms with E-state index in [9.17, 15) is 4.79 Å². The smallest absolute Gasteiger partial charge is 0.269 e. The molecular formula is C25H33N7O. The van der Waals surface area contributed by atoms with Gasteiger partial charge in [-0.25, -0.2) is 9.97 Å². The maximum atomic E-state index is 13.1. The number of aryl methyl sites for hydroxylation is 2. The molecular weight excluding hydrogens is 414 g/mol. The number of nitrogens with one attached hydrogen (secondary N) is 2. The van der Waals surface area contributed by atoms with Gasteiger partial charge in [0.1, 0.15) is 11.4 Å². The number of nitrogens with zero attached hydrogens (tertiary/aromatic N) is 5. The largest absolute Gasteiger partial charge is 0.346 e. The second-order valence-corrected chi connectivity index (χ2v) is 9.13. The van der Waals surface area contributed by atoms with Gasteiger partial charge >= 0.3 is 0 Å². The fraction of sp³-hybridized carbons (Fsp3) is 0.440. The Balaban J connectivity index is 1.48. The molecule has 0 unspecified atom stereocenters. The van der Waals surface area contributed by atoms with Gasteiger partial charge in [-0.05, 0) is 68.6 Å². The molecule has 8 heteroatoms.